The highest BCUT2D eigenvalue weighted by molar-refractivity contribution is 5.96. The summed E-state index contributed by atoms with van der Waals surface area (Å²) in [7, 11) is 1.63. The van der Waals surface area contributed by atoms with Crippen molar-refractivity contribution in [1.29, 1.82) is 0 Å². The molecule has 20 heteroatoms. The van der Waals surface area contributed by atoms with Crippen LogP contribution >= 0.6 is 0 Å². The van der Waals surface area contributed by atoms with Crippen LogP contribution in [0.2, 0.25) is 0 Å². The van der Waals surface area contributed by atoms with Crippen LogP contribution in [0.25, 0.3) is 22.5 Å². The van der Waals surface area contributed by atoms with Gasteiger partial charge in [0.2, 0.25) is 29.4 Å². The predicted octanol–water partition coefficient (Wildman–Crippen LogP) is 7.62. The smallest absolute Gasteiger partial charge is 0.310 e. The Bertz CT molecular complexity index is 3370. The van der Waals surface area contributed by atoms with Crippen molar-refractivity contribution in [1.82, 2.24) is 49.9 Å². The number of carboxylic acid groups (broad SMARTS) is 1. The number of aliphatic carboxylic acids is 1. The molecule has 4 aliphatic rings. The summed E-state index contributed by atoms with van der Waals surface area (Å²) in [4.78, 5) is 74.9. The number of benzene rings is 2. The number of hydrogen-bond acceptors (Lipinski definition) is 15. The average Bonchev–Trinajstić information content (AvgIpc) is 3.88. The van der Waals surface area contributed by atoms with E-state index in [0.717, 1.165) is 39.2 Å². The molecule has 0 saturated carbocycles. The third kappa shape index (κ3) is 10.1. The largest absolute Gasteiger partial charge is 0.481 e. The highest BCUT2D eigenvalue weighted by atomic mass is 16.5. The maximum Gasteiger partial charge on any atom is 0.310 e. The summed E-state index contributed by atoms with van der Waals surface area (Å²) in [6.07, 6.45) is 0. The van der Waals surface area contributed by atoms with Gasteiger partial charge in [-0.15, -0.1) is 5.10 Å². The lowest BCUT2D eigenvalue weighted by atomic mass is 9.70. The number of aryl methyl sites for hydroxylation is 3. The first kappa shape index (κ1) is 51.0. The maximum atomic E-state index is 13.6. The van der Waals surface area contributed by atoms with Crippen LogP contribution in [-0.4, -0.2) is 131 Å². The molecule has 0 aliphatic carbocycles. The molecule has 0 spiro atoms. The van der Waals surface area contributed by atoms with Crippen LogP contribution < -0.4 is 14.8 Å². The van der Waals surface area contributed by atoms with E-state index in [1.807, 2.05) is 113 Å². The van der Waals surface area contributed by atoms with E-state index in [1.165, 1.54) is 4.80 Å². The molecule has 0 radical (unpaired) electrons. The van der Waals surface area contributed by atoms with E-state index >= 15 is 0 Å². The third-order valence-electron chi connectivity index (χ3n) is 14.2. The Morgan fingerprint density at radius 3 is 1.34 bits per heavy atom. The van der Waals surface area contributed by atoms with Crippen LogP contribution in [0.1, 0.15) is 93.9 Å². The first-order valence-electron chi connectivity index (χ1n) is 25.0. The summed E-state index contributed by atoms with van der Waals surface area (Å²) in [6.45, 7) is 15.5. The molecule has 7 aromatic rings. The molecule has 76 heavy (non-hydrogen) atoms. The number of nitrogens with one attached hydrogen (secondary N) is 1. The molecule has 11 rings (SSSR count). The summed E-state index contributed by atoms with van der Waals surface area (Å²) in [5.41, 5.74) is 6.71. The lowest BCUT2D eigenvalue weighted by Crippen LogP contribution is -2.40. The fraction of sp³-hybridized carbons (Fsp3) is 0.339. The number of ether oxygens (including phenoxy) is 4. The number of tetrazole rings is 1. The van der Waals surface area contributed by atoms with E-state index in [1.54, 1.807) is 42.8 Å². The van der Waals surface area contributed by atoms with Gasteiger partial charge in [0.05, 0.1) is 55.7 Å². The molecule has 9 heterocycles. The van der Waals surface area contributed by atoms with Gasteiger partial charge in [-0.1, -0.05) is 67.5 Å². The van der Waals surface area contributed by atoms with Crippen molar-refractivity contribution < 1.29 is 43.2 Å². The minimum Gasteiger partial charge on any atom is -0.481 e. The van der Waals surface area contributed by atoms with Gasteiger partial charge in [-0.25, -0.2) is 19.9 Å². The summed E-state index contributed by atoms with van der Waals surface area (Å²) in [5, 5.41) is 24.5. The van der Waals surface area contributed by atoms with Gasteiger partial charge >= 0.3 is 5.97 Å². The van der Waals surface area contributed by atoms with Crippen molar-refractivity contribution in [3.05, 3.63) is 142 Å². The number of carbonyl (C=O) groups is 4. The minimum atomic E-state index is -1.10. The first-order valence-corrected chi connectivity index (χ1v) is 25.0. The molecule has 3 amide bonds. The third-order valence-corrected chi connectivity index (χ3v) is 14.2. The zero-order valence-electron chi connectivity index (χ0n) is 43.2. The molecule has 20 nitrogen and oxygen atoms in total. The molecule has 2 fully saturated rings. The number of aromatic nitrogens is 8. The van der Waals surface area contributed by atoms with E-state index in [4.69, 9.17) is 28.9 Å². The summed E-state index contributed by atoms with van der Waals surface area (Å²) >= 11 is 0. The standard InChI is InChI=1S/C29H30N8O4.C27H27N3O5/c1-17-5-10-20-23(29(2,3)27(39)32-28-33-35-36(4)34-28)21-11-12-22(31-25(21)41-24(20)30-17)18-6-8-19(9-7-18)26(38)37-13-15-40-16-14-37;1-16-4-9-19-22(27(2,3)26(32)33)20-10-11-21(29-24(20)35-23(19)28-16)17-5-7-18(8-6-17)25(31)30-12-14-34-15-13-30/h5-12,23H,13-16H2,1-4H3,(H,32,34,39);4-11,22H,12-15H2,1-3H3,(H,32,33)/t23-;22-/m00/s1. The zero-order valence-corrected chi connectivity index (χ0v) is 43.2. The fourth-order valence-corrected chi connectivity index (χ4v) is 9.91. The van der Waals surface area contributed by atoms with Crippen molar-refractivity contribution in [3.63, 3.8) is 0 Å². The van der Waals surface area contributed by atoms with E-state index in [9.17, 15) is 24.3 Å². The number of morpholine rings is 2. The molecule has 2 N–H and O–H groups in total. The van der Waals surface area contributed by atoms with Crippen molar-refractivity contribution in [2.24, 2.45) is 17.9 Å². The highest BCUT2D eigenvalue weighted by Gasteiger charge is 2.46. The number of amides is 3. The molecule has 390 valence electrons. The topological polar surface area (TPSA) is 239 Å². The number of anilines is 1. The minimum absolute atomic E-state index is 0.0142. The molecule has 2 saturated heterocycles. The van der Waals surface area contributed by atoms with Crippen molar-refractivity contribution in [2.45, 2.75) is 53.4 Å². The summed E-state index contributed by atoms with van der Waals surface area (Å²) in [6, 6.07) is 29.9. The Hall–Kier alpha value is -8.49. The van der Waals surface area contributed by atoms with Crippen molar-refractivity contribution >= 4 is 29.6 Å². The molecule has 5 aromatic heterocycles. The molecule has 2 aromatic carbocycles. The van der Waals surface area contributed by atoms with E-state index in [2.05, 4.69) is 30.7 Å². The molecule has 2 atom stereocenters. The lowest BCUT2D eigenvalue weighted by Gasteiger charge is -2.37. The molecule has 0 unspecified atom stereocenters. The molecular formula is C56H57N11O9. The lowest BCUT2D eigenvalue weighted by molar-refractivity contribution is -0.147. The Morgan fingerprint density at radius 1 is 0.553 bits per heavy atom. The number of rotatable bonds is 9. The second-order valence-corrected chi connectivity index (χ2v) is 20.2. The zero-order chi connectivity index (χ0) is 53.5. The van der Waals surface area contributed by atoms with Crippen LogP contribution in [0.3, 0.4) is 0 Å². The normalized spacial score (nSPS) is 16.8. The number of fused-ring (bicyclic) bond motifs is 4. The van der Waals surface area contributed by atoms with Crippen molar-refractivity contribution in [2.75, 3.05) is 57.9 Å². The molecule has 4 aliphatic heterocycles. The van der Waals surface area contributed by atoms with E-state index < -0.39 is 28.6 Å². The first-order chi connectivity index (χ1) is 36.5. The van der Waals surface area contributed by atoms with Gasteiger partial charge in [0.15, 0.2) is 0 Å². The van der Waals surface area contributed by atoms with Gasteiger partial charge in [-0.2, -0.15) is 4.80 Å². The van der Waals surface area contributed by atoms with Crippen LogP contribution in [-0.2, 0) is 26.1 Å². The number of pyridine rings is 4. The Balaban J connectivity index is 0.000000175. The second kappa shape index (κ2) is 20.7. The van der Waals surface area contributed by atoms with Crippen molar-refractivity contribution in [3.8, 4) is 46.0 Å². The summed E-state index contributed by atoms with van der Waals surface area (Å²) < 4.78 is 23.0. The second-order valence-electron chi connectivity index (χ2n) is 20.2. The molecular weight excluding hydrogens is 971 g/mol. The van der Waals surface area contributed by atoms with Crippen LogP contribution in [0.15, 0.2) is 97.1 Å². The van der Waals surface area contributed by atoms with E-state index in [0.29, 0.717) is 104 Å². The quantitative estimate of drug-likeness (QED) is 0.141. The average molecular weight is 1030 g/mol. The van der Waals surface area contributed by atoms with Crippen LogP contribution in [0.5, 0.6) is 23.5 Å². The maximum absolute atomic E-state index is 13.6. The predicted molar refractivity (Wildman–Crippen MR) is 277 cm³/mol. The van der Waals surface area contributed by atoms with Gasteiger partial charge in [0, 0.05) is 93.9 Å². The number of hydrogen-bond donors (Lipinski definition) is 2. The fourth-order valence-electron chi connectivity index (χ4n) is 9.91. The van der Waals surface area contributed by atoms with Gasteiger partial charge in [0.25, 0.3) is 17.8 Å². The number of nitrogens with zero attached hydrogens (tertiary/aromatic N) is 10. The van der Waals surface area contributed by atoms with E-state index in [-0.39, 0.29) is 23.7 Å². The van der Waals surface area contributed by atoms with Crippen LogP contribution in [0.4, 0.5) is 5.95 Å². The van der Waals surface area contributed by atoms with Gasteiger partial charge in [-0.3, -0.25) is 24.5 Å². The molecule has 0 bridgehead atoms. The van der Waals surface area contributed by atoms with Gasteiger partial charge in [-0.05, 0) is 81.4 Å². The number of carbonyl (C=O) groups excluding carboxylic acids is 3. The Kier molecular flexibility index (Phi) is 13.9. The summed E-state index contributed by atoms with van der Waals surface area (Å²) in [5.74, 6) is -0.452. The van der Waals surface area contributed by atoms with Crippen LogP contribution in [0, 0.1) is 24.7 Å². The highest BCUT2D eigenvalue weighted by Crippen LogP contribution is 2.53. The number of carboxylic acids is 1. The SMILES string of the molecule is Cc1ccc2c(n1)Oc1nc(-c3ccc(C(=O)N4CCOCC4)cc3)ccc1[C@H]2C(C)(C)C(=O)Nc1nnn(C)n1.Cc1ccc2c(n1)Oc1nc(-c3ccc(C(=O)N4CCOCC4)cc3)ccc1[C@H]2C(C)(C)C(=O)O. The monoisotopic (exact) mass is 1030 g/mol. The van der Waals surface area contributed by atoms with Gasteiger partial charge in [0.1, 0.15) is 0 Å². The van der Waals surface area contributed by atoms with Gasteiger partial charge < -0.3 is 33.9 Å². The Morgan fingerprint density at radius 2 is 0.947 bits per heavy atom. The Labute approximate surface area is 438 Å².